The summed E-state index contributed by atoms with van der Waals surface area (Å²) in [6, 6.07) is 9.85. The van der Waals surface area contributed by atoms with E-state index in [1.54, 1.807) is 0 Å². The number of aliphatic hydroxyl groups is 1. The number of nitrogens with one attached hydrogen (secondary N) is 2. The maximum absolute atomic E-state index is 13.6. The molecular weight excluding hydrogens is 570 g/mol. The Morgan fingerprint density at radius 1 is 0.956 bits per heavy atom. The molecule has 2 aromatic rings. The fourth-order valence-electron chi connectivity index (χ4n) is 6.96. The van der Waals surface area contributed by atoms with Crippen LogP contribution >= 0.6 is 0 Å². The van der Waals surface area contributed by atoms with Crippen molar-refractivity contribution >= 4 is 28.7 Å². The molecular formula is C35H53N5O5. The highest BCUT2D eigenvalue weighted by Gasteiger charge is 2.27. The van der Waals surface area contributed by atoms with Crippen LogP contribution in [0, 0.1) is 17.8 Å². The Hall–Kier alpha value is -2.95. The lowest BCUT2D eigenvalue weighted by Gasteiger charge is -2.35. The Bertz CT molecular complexity index is 1260. The van der Waals surface area contributed by atoms with E-state index in [1.807, 2.05) is 51.1 Å². The van der Waals surface area contributed by atoms with Gasteiger partial charge in [-0.1, -0.05) is 18.2 Å². The number of anilines is 1. The van der Waals surface area contributed by atoms with Gasteiger partial charge in [-0.15, -0.1) is 0 Å². The van der Waals surface area contributed by atoms with Gasteiger partial charge in [-0.05, 0) is 95.6 Å². The summed E-state index contributed by atoms with van der Waals surface area (Å²) in [4.78, 5) is 35.1. The number of morpholine rings is 1. The highest BCUT2D eigenvalue weighted by atomic mass is 16.6. The van der Waals surface area contributed by atoms with Crippen LogP contribution in [0.25, 0.3) is 10.9 Å². The van der Waals surface area contributed by atoms with E-state index in [2.05, 4.69) is 20.4 Å². The zero-order chi connectivity index (χ0) is 31.8. The highest BCUT2D eigenvalue weighted by molar-refractivity contribution is 6.07. The summed E-state index contributed by atoms with van der Waals surface area (Å²) in [6.45, 7) is 12.6. The summed E-state index contributed by atoms with van der Waals surface area (Å²) >= 11 is 0. The summed E-state index contributed by atoms with van der Waals surface area (Å²) in [7, 11) is 0. The highest BCUT2D eigenvalue weighted by Crippen LogP contribution is 2.30. The third-order valence-corrected chi connectivity index (χ3v) is 9.52. The van der Waals surface area contributed by atoms with E-state index >= 15 is 0 Å². The number of hydrogen-bond donors (Lipinski definition) is 3. The van der Waals surface area contributed by atoms with Crippen LogP contribution in [0.3, 0.4) is 0 Å². The van der Waals surface area contributed by atoms with Gasteiger partial charge in [0.05, 0.1) is 30.4 Å². The molecule has 0 bridgehead atoms. The summed E-state index contributed by atoms with van der Waals surface area (Å²) in [5.41, 5.74) is 1.01. The number of fused-ring (bicyclic) bond motifs is 1. The Labute approximate surface area is 268 Å². The first kappa shape index (κ1) is 33.4. The van der Waals surface area contributed by atoms with Gasteiger partial charge in [0.25, 0.3) is 5.91 Å². The lowest BCUT2D eigenvalue weighted by Crippen LogP contribution is -2.42. The molecule has 1 aromatic carbocycles. The Kier molecular flexibility index (Phi) is 11.6. The second-order valence-corrected chi connectivity index (χ2v) is 14.3. The van der Waals surface area contributed by atoms with Crippen LogP contribution < -0.4 is 15.5 Å². The number of nitrogens with zero attached hydrogens (tertiary/aromatic N) is 3. The molecule has 5 rings (SSSR count). The predicted octanol–water partition coefficient (Wildman–Crippen LogP) is 4.60. The van der Waals surface area contributed by atoms with Gasteiger partial charge < -0.3 is 30.1 Å². The smallest absolute Gasteiger partial charge is 0.407 e. The van der Waals surface area contributed by atoms with Crippen molar-refractivity contribution in [3.05, 3.63) is 35.9 Å². The molecule has 0 spiro atoms. The van der Waals surface area contributed by atoms with E-state index in [0.717, 1.165) is 108 Å². The molecule has 1 atom stereocenters. The molecule has 1 saturated carbocycles. The molecule has 45 heavy (non-hydrogen) atoms. The summed E-state index contributed by atoms with van der Waals surface area (Å²) in [5, 5.41) is 17.7. The summed E-state index contributed by atoms with van der Waals surface area (Å²) in [5.74, 6) is 2.16. The van der Waals surface area contributed by atoms with Gasteiger partial charge in [0.2, 0.25) is 0 Å². The lowest BCUT2D eigenvalue weighted by atomic mass is 9.82. The molecule has 3 N–H and O–H groups in total. The number of pyridine rings is 1. The van der Waals surface area contributed by atoms with Gasteiger partial charge in [0, 0.05) is 51.2 Å². The molecule has 3 aliphatic rings. The standard InChI is InChI=1S/C35H53N5O5/c1-35(2,3)45-34(43)37-23-27-10-8-26(9-11-27)22-36-33(42)30-21-32(38-31-7-5-4-6-29(30)31)40-14-12-25(13-15-40)20-28(41)24-39-16-18-44-19-17-39/h4-7,21,25-28,41H,8-20,22-24H2,1-3H3,(H,36,42)(H,37,43)/t26?,27?,28-/m0/s1. The first-order valence-electron chi connectivity index (χ1n) is 17.0. The zero-order valence-electron chi connectivity index (χ0n) is 27.4. The minimum Gasteiger partial charge on any atom is -0.444 e. The van der Waals surface area contributed by atoms with E-state index in [0.29, 0.717) is 36.4 Å². The monoisotopic (exact) mass is 623 g/mol. The van der Waals surface area contributed by atoms with Crippen molar-refractivity contribution in [2.45, 2.75) is 77.4 Å². The summed E-state index contributed by atoms with van der Waals surface area (Å²) < 4.78 is 10.8. The van der Waals surface area contributed by atoms with Crippen molar-refractivity contribution in [2.24, 2.45) is 17.8 Å². The van der Waals surface area contributed by atoms with Crippen molar-refractivity contribution in [2.75, 3.05) is 63.9 Å². The van der Waals surface area contributed by atoms with E-state index in [1.165, 1.54) is 0 Å². The number of aromatic nitrogens is 1. The maximum Gasteiger partial charge on any atom is 0.407 e. The first-order valence-corrected chi connectivity index (χ1v) is 17.0. The molecule has 2 aliphatic heterocycles. The Morgan fingerprint density at radius 3 is 2.27 bits per heavy atom. The molecule has 3 heterocycles. The van der Waals surface area contributed by atoms with E-state index in [4.69, 9.17) is 14.5 Å². The SMILES string of the molecule is CC(C)(C)OC(=O)NCC1CCC(CNC(=O)c2cc(N3CCC(C[C@H](O)CN4CCOCC4)CC3)nc3ccccc23)CC1. The fourth-order valence-corrected chi connectivity index (χ4v) is 6.96. The molecule has 248 valence electrons. The van der Waals surface area contributed by atoms with Crippen molar-refractivity contribution in [3.8, 4) is 0 Å². The average Bonchev–Trinajstić information content (AvgIpc) is 3.02. The minimum absolute atomic E-state index is 0.0512. The van der Waals surface area contributed by atoms with Gasteiger partial charge in [-0.2, -0.15) is 0 Å². The van der Waals surface area contributed by atoms with Gasteiger partial charge in [-0.3, -0.25) is 9.69 Å². The second-order valence-electron chi connectivity index (χ2n) is 14.3. The Morgan fingerprint density at radius 2 is 1.60 bits per heavy atom. The number of benzene rings is 1. The van der Waals surface area contributed by atoms with E-state index in [-0.39, 0.29) is 18.1 Å². The number of aliphatic hydroxyl groups excluding tert-OH is 1. The van der Waals surface area contributed by atoms with E-state index in [9.17, 15) is 14.7 Å². The van der Waals surface area contributed by atoms with Gasteiger partial charge >= 0.3 is 6.09 Å². The van der Waals surface area contributed by atoms with E-state index < -0.39 is 5.60 Å². The van der Waals surface area contributed by atoms with Crippen LogP contribution in [-0.4, -0.2) is 97.7 Å². The lowest BCUT2D eigenvalue weighted by molar-refractivity contribution is 0.00914. The average molecular weight is 624 g/mol. The summed E-state index contributed by atoms with van der Waals surface area (Å²) in [6.07, 6.45) is 6.28. The van der Waals surface area contributed by atoms with Crippen LogP contribution in [0.2, 0.25) is 0 Å². The molecule has 2 amide bonds. The number of ether oxygens (including phenoxy) is 2. The molecule has 10 heteroatoms. The largest absolute Gasteiger partial charge is 0.444 e. The first-order chi connectivity index (χ1) is 21.6. The van der Waals surface area contributed by atoms with Gasteiger partial charge in [0.15, 0.2) is 0 Å². The maximum atomic E-state index is 13.6. The van der Waals surface area contributed by atoms with Crippen molar-refractivity contribution in [1.29, 1.82) is 0 Å². The number of carbonyl (C=O) groups is 2. The number of para-hydroxylation sites is 1. The molecule has 2 saturated heterocycles. The third kappa shape index (κ3) is 10.0. The normalized spacial score (nSPS) is 22.6. The second kappa shape index (κ2) is 15.6. The fraction of sp³-hybridized carbons (Fsp3) is 0.686. The van der Waals surface area contributed by atoms with Crippen LogP contribution in [-0.2, 0) is 9.47 Å². The van der Waals surface area contributed by atoms with Crippen LogP contribution in [0.1, 0.15) is 76.1 Å². The molecule has 0 radical (unpaired) electrons. The number of alkyl carbamates (subject to hydrolysis) is 1. The van der Waals surface area contributed by atoms with Crippen LogP contribution in [0.5, 0.6) is 0 Å². The number of β-amino-alcohol motifs (C(OH)–C–C–N with tert-alkyl or cyclic N) is 1. The quantitative estimate of drug-likeness (QED) is 0.352. The predicted molar refractivity (Wildman–Crippen MR) is 177 cm³/mol. The third-order valence-electron chi connectivity index (χ3n) is 9.52. The number of rotatable bonds is 10. The Balaban J connectivity index is 1.11. The van der Waals surface area contributed by atoms with Crippen molar-refractivity contribution in [1.82, 2.24) is 20.5 Å². The number of piperidine rings is 1. The number of hydrogen-bond acceptors (Lipinski definition) is 8. The van der Waals surface area contributed by atoms with Crippen molar-refractivity contribution in [3.63, 3.8) is 0 Å². The molecule has 1 aromatic heterocycles. The van der Waals surface area contributed by atoms with Crippen LogP contribution in [0.4, 0.5) is 10.6 Å². The molecule has 0 unspecified atom stereocenters. The number of carbonyl (C=O) groups excluding carboxylic acids is 2. The number of amides is 2. The van der Waals surface area contributed by atoms with Gasteiger partial charge in [0.1, 0.15) is 11.4 Å². The zero-order valence-corrected chi connectivity index (χ0v) is 27.4. The topological polar surface area (TPSA) is 116 Å². The van der Waals surface area contributed by atoms with Gasteiger partial charge in [-0.25, -0.2) is 9.78 Å². The van der Waals surface area contributed by atoms with Crippen LogP contribution in [0.15, 0.2) is 30.3 Å². The molecule has 10 nitrogen and oxygen atoms in total. The van der Waals surface area contributed by atoms with Crippen molar-refractivity contribution < 1.29 is 24.2 Å². The molecule has 3 fully saturated rings. The minimum atomic E-state index is -0.495. The molecule has 1 aliphatic carbocycles.